The highest BCUT2D eigenvalue weighted by Crippen LogP contribution is 2.22. The van der Waals surface area contributed by atoms with E-state index in [-0.39, 0.29) is 29.9 Å². The van der Waals surface area contributed by atoms with Crippen molar-refractivity contribution in [3.05, 3.63) is 95.1 Å². The Balaban J connectivity index is 0.00000306. The monoisotopic (exact) mass is 556 g/mol. The number of halogens is 1. The van der Waals surface area contributed by atoms with Crippen molar-refractivity contribution >= 4 is 11.6 Å². The molecule has 1 amide bonds. The van der Waals surface area contributed by atoms with Crippen molar-refractivity contribution in [1.82, 2.24) is 0 Å². The number of carbonyl (C=O) groups is 1. The van der Waals surface area contributed by atoms with Gasteiger partial charge in [0.2, 0.25) is 0 Å². The second-order valence-electron chi connectivity index (χ2n) is 9.24. The fraction of sp³-hybridized carbons (Fsp3) is 0.321. The molecule has 0 saturated carbocycles. The van der Waals surface area contributed by atoms with E-state index in [1.165, 1.54) is 43.5 Å². The van der Waals surface area contributed by atoms with Crippen LogP contribution in [0.15, 0.2) is 72.8 Å². The average Bonchev–Trinajstić information content (AvgIpc) is 2.80. The minimum absolute atomic E-state index is 0. The van der Waals surface area contributed by atoms with Gasteiger partial charge >= 0.3 is 0 Å². The summed E-state index contributed by atoms with van der Waals surface area (Å²) >= 11 is 0. The van der Waals surface area contributed by atoms with E-state index in [1.807, 2.05) is 30.3 Å². The summed E-state index contributed by atoms with van der Waals surface area (Å²) in [5.41, 5.74) is 5.04. The molecule has 0 bridgehead atoms. The quantitative estimate of drug-likeness (QED) is 0.359. The van der Waals surface area contributed by atoms with Crippen LogP contribution in [0.4, 0.5) is 5.69 Å². The lowest BCUT2D eigenvalue weighted by Crippen LogP contribution is -3.00. The molecule has 1 saturated heterocycles. The van der Waals surface area contributed by atoms with Crippen LogP contribution in [0.25, 0.3) is 0 Å². The molecule has 0 atom stereocenters. The summed E-state index contributed by atoms with van der Waals surface area (Å²) in [6.07, 6.45) is 3.99. The van der Waals surface area contributed by atoms with Crippen LogP contribution in [-0.4, -0.2) is 30.5 Å². The molecular weight excluding hydrogens is 523 g/mol. The highest BCUT2D eigenvalue weighted by molar-refractivity contribution is 6.04. The highest BCUT2D eigenvalue weighted by atomic mass is 127. The molecule has 1 N–H and O–H groups in total. The van der Waals surface area contributed by atoms with Gasteiger partial charge in [-0.1, -0.05) is 48.0 Å². The summed E-state index contributed by atoms with van der Waals surface area (Å²) in [4.78, 5) is 12.8. The van der Waals surface area contributed by atoms with Gasteiger partial charge in [0.15, 0.2) is 0 Å². The molecular formula is C28H33IN2O2. The molecule has 0 unspecified atom stereocenters. The average molecular weight is 556 g/mol. The summed E-state index contributed by atoms with van der Waals surface area (Å²) in [6, 6.07) is 23.9. The third kappa shape index (κ3) is 7.30. The number of amides is 1. The number of rotatable bonds is 7. The minimum Gasteiger partial charge on any atom is -1.00 e. The topological polar surface area (TPSA) is 38.3 Å². The Morgan fingerprint density at radius 1 is 0.909 bits per heavy atom. The molecule has 1 heterocycles. The fourth-order valence-electron chi connectivity index (χ4n) is 4.35. The third-order valence-corrected chi connectivity index (χ3v) is 6.29. The van der Waals surface area contributed by atoms with Crippen LogP contribution in [-0.2, 0) is 13.2 Å². The Hall–Kier alpha value is -2.38. The first kappa shape index (κ1) is 25.2. The molecule has 3 aromatic rings. The second kappa shape index (κ2) is 11.7. The first-order chi connectivity index (χ1) is 15.5. The number of nitrogens with zero attached hydrogens (tertiary/aromatic N) is 1. The maximum absolute atomic E-state index is 12.8. The van der Waals surface area contributed by atoms with Crippen LogP contribution in [0.1, 0.15) is 46.3 Å². The van der Waals surface area contributed by atoms with E-state index in [2.05, 4.69) is 55.7 Å². The molecule has 1 fully saturated rings. The smallest absolute Gasteiger partial charge is 0.255 e. The number of piperidine rings is 1. The summed E-state index contributed by atoms with van der Waals surface area (Å²) in [6.45, 7) is 6.09. The van der Waals surface area contributed by atoms with E-state index in [9.17, 15) is 4.79 Å². The van der Waals surface area contributed by atoms with Crippen molar-refractivity contribution in [2.45, 2.75) is 39.3 Å². The first-order valence-corrected chi connectivity index (χ1v) is 11.5. The molecule has 5 heteroatoms. The van der Waals surface area contributed by atoms with E-state index in [0.717, 1.165) is 22.3 Å². The zero-order valence-corrected chi connectivity index (χ0v) is 21.7. The number of carbonyl (C=O) groups excluding carboxylic acids is 1. The van der Waals surface area contributed by atoms with E-state index in [1.54, 1.807) is 6.07 Å². The maximum atomic E-state index is 12.8. The van der Waals surface area contributed by atoms with Crippen LogP contribution in [0.2, 0.25) is 0 Å². The van der Waals surface area contributed by atoms with Gasteiger partial charge in [0, 0.05) is 16.8 Å². The van der Waals surface area contributed by atoms with Crippen molar-refractivity contribution in [2.75, 3.05) is 25.5 Å². The highest BCUT2D eigenvalue weighted by Gasteiger charge is 2.24. The number of anilines is 1. The van der Waals surface area contributed by atoms with E-state index in [0.29, 0.717) is 17.9 Å². The lowest BCUT2D eigenvalue weighted by Gasteiger charge is -2.37. The minimum atomic E-state index is -0.131. The summed E-state index contributed by atoms with van der Waals surface area (Å²) in [7, 11) is 2.35. The normalized spacial score (nSPS) is 14.7. The number of quaternary nitrogens is 1. The number of hydrogen-bond donors (Lipinski definition) is 1. The molecule has 174 valence electrons. The number of likely N-dealkylation sites (tertiary alicyclic amines) is 1. The molecule has 0 aliphatic carbocycles. The van der Waals surface area contributed by atoms with Gasteiger partial charge in [0.1, 0.15) is 18.9 Å². The second-order valence-corrected chi connectivity index (χ2v) is 9.24. The summed E-state index contributed by atoms with van der Waals surface area (Å²) in [5.74, 6) is 0.556. The lowest BCUT2D eigenvalue weighted by molar-refractivity contribution is -0.926. The number of nitrogens with one attached hydrogen (secondary N) is 1. The molecule has 1 aliphatic heterocycles. The van der Waals surface area contributed by atoms with Crippen molar-refractivity contribution < 1.29 is 38.0 Å². The zero-order chi connectivity index (χ0) is 22.4. The van der Waals surface area contributed by atoms with Crippen LogP contribution in [0.3, 0.4) is 0 Å². The lowest BCUT2D eigenvalue weighted by atomic mass is 10.1. The number of aryl methyl sites for hydroxylation is 1. The molecule has 0 radical (unpaired) electrons. The molecule has 0 aromatic heterocycles. The third-order valence-electron chi connectivity index (χ3n) is 6.29. The number of ether oxygens (including phenoxy) is 1. The fourth-order valence-corrected chi connectivity index (χ4v) is 4.35. The SMILES string of the molecule is Cc1ccc(COc2cccc(C(=O)Nc3ccc(C[N+]4(C)CCCCC4)cc3)c2)cc1.[I-]. The maximum Gasteiger partial charge on any atom is 0.255 e. The first-order valence-electron chi connectivity index (χ1n) is 11.5. The molecule has 4 rings (SSSR count). The summed E-state index contributed by atoms with van der Waals surface area (Å²) in [5, 5.41) is 3.01. The van der Waals surface area contributed by atoms with Crippen molar-refractivity contribution in [2.24, 2.45) is 0 Å². The van der Waals surface area contributed by atoms with Crippen molar-refractivity contribution in [3.8, 4) is 5.75 Å². The van der Waals surface area contributed by atoms with Gasteiger partial charge < -0.3 is 38.5 Å². The predicted molar refractivity (Wildman–Crippen MR) is 130 cm³/mol. The number of hydrogen-bond acceptors (Lipinski definition) is 2. The van der Waals surface area contributed by atoms with E-state index in [4.69, 9.17) is 4.74 Å². The van der Waals surface area contributed by atoms with Crippen molar-refractivity contribution in [1.29, 1.82) is 0 Å². The van der Waals surface area contributed by atoms with Gasteiger partial charge in [-0.2, -0.15) is 0 Å². The van der Waals surface area contributed by atoms with Gasteiger partial charge in [-0.25, -0.2) is 0 Å². The van der Waals surface area contributed by atoms with Gasteiger partial charge in [-0.3, -0.25) is 4.79 Å². The number of benzene rings is 3. The standard InChI is InChI=1S/C28H32N2O2.HI/c1-22-9-11-24(12-10-22)21-32-27-8-6-7-25(19-27)28(31)29-26-15-13-23(14-16-26)20-30(2)17-4-3-5-18-30;/h6-16,19H,3-5,17-18,20-21H2,1-2H3;1H. The Kier molecular flexibility index (Phi) is 8.92. The zero-order valence-electron chi connectivity index (χ0n) is 19.5. The van der Waals surface area contributed by atoms with Crippen LogP contribution >= 0.6 is 0 Å². The molecule has 4 nitrogen and oxygen atoms in total. The molecule has 0 spiro atoms. The Labute approximate surface area is 214 Å². The Morgan fingerprint density at radius 2 is 1.58 bits per heavy atom. The van der Waals surface area contributed by atoms with Crippen molar-refractivity contribution in [3.63, 3.8) is 0 Å². The van der Waals surface area contributed by atoms with Crippen LogP contribution in [0.5, 0.6) is 5.75 Å². The van der Waals surface area contributed by atoms with Gasteiger partial charge in [-0.15, -0.1) is 0 Å². The Bertz CT molecular complexity index is 1040. The van der Waals surface area contributed by atoms with Crippen LogP contribution < -0.4 is 34.0 Å². The largest absolute Gasteiger partial charge is 1.00 e. The predicted octanol–water partition coefficient (Wildman–Crippen LogP) is 2.96. The van der Waals surface area contributed by atoms with E-state index >= 15 is 0 Å². The molecule has 3 aromatic carbocycles. The summed E-state index contributed by atoms with van der Waals surface area (Å²) < 4.78 is 7.00. The van der Waals surface area contributed by atoms with Gasteiger partial charge in [-0.05, 0) is 62.1 Å². The van der Waals surface area contributed by atoms with Gasteiger partial charge in [0.25, 0.3) is 5.91 Å². The van der Waals surface area contributed by atoms with Gasteiger partial charge in [0.05, 0.1) is 20.1 Å². The van der Waals surface area contributed by atoms with E-state index < -0.39 is 0 Å². The Morgan fingerprint density at radius 3 is 2.27 bits per heavy atom. The van der Waals surface area contributed by atoms with Crippen LogP contribution in [0, 0.1) is 6.92 Å². The molecule has 1 aliphatic rings. The molecule has 33 heavy (non-hydrogen) atoms.